The van der Waals surface area contributed by atoms with Crippen LogP contribution in [0, 0.1) is 12.3 Å². The third-order valence-corrected chi connectivity index (χ3v) is 3.28. The molecule has 0 aliphatic carbocycles. The van der Waals surface area contributed by atoms with E-state index in [1.165, 1.54) is 18.2 Å². The number of carbonyl (C=O) groups excluding carboxylic acids is 1. The Morgan fingerprint density at radius 2 is 2.17 bits per heavy atom. The van der Waals surface area contributed by atoms with Gasteiger partial charge >= 0.3 is 0 Å². The summed E-state index contributed by atoms with van der Waals surface area (Å²) in [5.74, 6) is 1.98. The standard InChI is InChI=1S/C11H11ClN2O3S/c1-2-3-4-11(15)14-10-7-8(18(13,16)17)5-6-9(10)12/h1,5-7H,3-4H2,(H,14,15)(H2,13,16,17). The van der Waals surface area contributed by atoms with E-state index in [1.807, 2.05) is 0 Å². The maximum Gasteiger partial charge on any atom is 0.238 e. The minimum atomic E-state index is -3.84. The molecule has 0 aromatic heterocycles. The fourth-order valence-electron chi connectivity index (χ4n) is 1.18. The minimum absolute atomic E-state index is 0.126. The molecule has 1 aromatic rings. The molecule has 0 aliphatic heterocycles. The summed E-state index contributed by atoms with van der Waals surface area (Å²) >= 11 is 5.83. The topological polar surface area (TPSA) is 89.3 Å². The molecule has 1 amide bonds. The highest BCUT2D eigenvalue weighted by Gasteiger charge is 2.12. The summed E-state index contributed by atoms with van der Waals surface area (Å²) in [6, 6.07) is 3.80. The number of benzene rings is 1. The quantitative estimate of drug-likeness (QED) is 0.819. The van der Waals surface area contributed by atoms with E-state index in [0.29, 0.717) is 6.42 Å². The van der Waals surface area contributed by atoms with Crippen LogP contribution in [0.25, 0.3) is 0 Å². The number of primary sulfonamides is 1. The lowest BCUT2D eigenvalue weighted by molar-refractivity contribution is -0.116. The molecule has 0 unspecified atom stereocenters. The maximum atomic E-state index is 11.4. The molecule has 0 radical (unpaired) electrons. The van der Waals surface area contributed by atoms with Gasteiger partial charge in [-0.2, -0.15) is 0 Å². The number of rotatable bonds is 4. The van der Waals surface area contributed by atoms with Crippen LogP contribution in [0.2, 0.25) is 5.02 Å². The number of hydrogen-bond donors (Lipinski definition) is 2. The van der Waals surface area contributed by atoms with Gasteiger partial charge in [0.15, 0.2) is 0 Å². The Balaban J connectivity index is 2.96. The van der Waals surface area contributed by atoms with Gasteiger partial charge < -0.3 is 5.32 Å². The molecule has 0 heterocycles. The highest BCUT2D eigenvalue weighted by Crippen LogP contribution is 2.24. The highest BCUT2D eigenvalue weighted by atomic mass is 35.5. The molecule has 1 aromatic carbocycles. The first-order valence-corrected chi connectivity index (χ1v) is 6.82. The number of amides is 1. The largest absolute Gasteiger partial charge is 0.325 e. The number of nitrogens with one attached hydrogen (secondary N) is 1. The van der Waals surface area contributed by atoms with Crippen molar-refractivity contribution in [2.45, 2.75) is 17.7 Å². The van der Waals surface area contributed by atoms with E-state index in [-0.39, 0.29) is 27.9 Å². The molecule has 1 rings (SSSR count). The van der Waals surface area contributed by atoms with Crippen LogP contribution in [0.1, 0.15) is 12.8 Å². The molecule has 0 saturated heterocycles. The first-order chi connectivity index (χ1) is 8.34. The summed E-state index contributed by atoms with van der Waals surface area (Å²) in [5, 5.41) is 7.67. The molecule has 0 bridgehead atoms. The second-order valence-electron chi connectivity index (χ2n) is 3.44. The molecule has 5 nitrogen and oxygen atoms in total. The molecule has 0 spiro atoms. The van der Waals surface area contributed by atoms with Crippen molar-refractivity contribution in [3.8, 4) is 12.3 Å². The lowest BCUT2D eigenvalue weighted by Crippen LogP contribution is -2.14. The van der Waals surface area contributed by atoms with Crippen LogP contribution in [0.5, 0.6) is 0 Å². The predicted octanol–water partition coefficient (Wildman–Crippen LogP) is 1.34. The van der Waals surface area contributed by atoms with Gasteiger partial charge in [-0.3, -0.25) is 4.79 Å². The minimum Gasteiger partial charge on any atom is -0.325 e. The summed E-state index contributed by atoms with van der Waals surface area (Å²) in [4.78, 5) is 11.3. The first kappa shape index (κ1) is 14.5. The van der Waals surface area contributed by atoms with Crippen LogP contribution in [0.4, 0.5) is 5.69 Å². The van der Waals surface area contributed by atoms with Gasteiger partial charge in [0.2, 0.25) is 15.9 Å². The van der Waals surface area contributed by atoms with E-state index >= 15 is 0 Å². The average molecular weight is 287 g/mol. The number of halogens is 1. The van der Waals surface area contributed by atoms with Crippen molar-refractivity contribution < 1.29 is 13.2 Å². The Labute approximate surface area is 110 Å². The maximum absolute atomic E-state index is 11.4. The van der Waals surface area contributed by atoms with Gasteiger partial charge in [-0.15, -0.1) is 12.3 Å². The van der Waals surface area contributed by atoms with Gasteiger partial charge in [-0.25, -0.2) is 13.6 Å². The third kappa shape index (κ3) is 4.04. The van der Waals surface area contributed by atoms with Crippen LogP contribution < -0.4 is 10.5 Å². The number of terminal acetylenes is 1. The van der Waals surface area contributed by atoms with Crippen molar-refractivity contribution in [2.75, 3.05) is 5.32 Å². The van der Waals surface area contributed by atoms with E-state index in [0.717, 1.165) is 0 Å². The SMILES string of the molecule is C#CCCC(=O)Nc1cc(S(N)(=O)=O)ccc1Cl. The van der Waals surface area contributed by atoms with Gasteiger partial charge in [0.1, 0.15) is 0 Å². The summed E-state index contributed by atoms with van der Waals surface area (Å²) in [7, 11) is -3.84. The van der Waals surface area contributed by atoms with Crippen molar-refractivity contribution in [3.05, 3.63) is 23.2 Å². The lowest BCUT2D eigenvalue weighted by Gasteiger charge is -2.08. The summed E-state index contributed by atoms with van der Waals surface area (Å²) in [5.41, 5.74) is 0.185. The van der Waals surface area contributed by atoms with E-state index < -0.39 is 10.0 Å². The van der Waals surface area contributed by atoms with E-state index in [2.05, 4.69) is 11.2 Å². The summed E-state index contributed by atoms with van der Waals surface area (Å²) in [6.45, 7) is 0. The Kier molecular flexibility index (Phi) is 4.73. The van der Waals surface area contributed by atoms with E-state index in [1.54, 1.807) is 0 Å². The van der Waals surface area contributed by atoms with Gasteiger partial charge in [0, 0.05) is 12.8 Å². The zero-order valence-electron chi connectivity index (χ0n) is 9.31. The summed E-state index contributed by atoms with van der Waals surface area (Å²) in [6.07, 6.45) is 5.45. The van der Waals surface area contributed by atoms with Crippen molar-refractivity contribution in [1.29, 1.82) is 0 Å². The van der Waals surface area contributed by atoms with Crippen molar-refractivity contribution >= 4 is 33.2 Å². The van der Waals surface area contributed by atoms with Crippen LogP contribution in [-0.2, 0) is 14.8 Å². The Morgan fingerprint density at radius 1 is 1.50 bits per heavy atom. The second kappa shape index (κ2) is 5.87. The Morgan fingerprint density at radius 3 is 2.72 bits per heavy atom. The third-order valence-electron chi connectivity index (χ3n) is 2.04. The van der Waals surface area contributed by atoms with Gasteiger partial charge in [0.05, 0.1) is 15.6 Å². The zero-order valence-corrected chi connectivity index (χ0v) is 10.9. The Hall–Kier alpha value is -1.55. The molecule has 7 heteroatoms. The highest BCUT2D eigenvalue weighted by molar-refractivity contribution is 7.89. The number of carbonyl (C=O) groups is 1. The molecule has 3 N–H and O–H groups in total. The first-order valence-electron chi connectivity index (χ1n) is 4.90. The monoisotopic (exact) mass is 286 g/mol. The predicted molar refractivity (Wildman–Crippen MR) is 69.5 cm³/mol. The molecule has 0 atom stereocenters. The number of nitrogens with two attached hydrogens (primary N) is 1. The molecule has 0 aliphatic rings. The van der Waals surface area contributed by atoms with Crippen LogP contribution in [0.15, 0.2) is 23.1 Å². The zero-order chi connectivity index (χ0) is 13.8. The smallest absolute Gasteiger partial charge is 0.238 e. The molecule has 0 saturated carbocycles. The van der Waals surface area contributed by atoms with Gasteiger partial charge in [-0.05, 0) is 18.2 Å². The van der Waals surface area contributed by atoms with Crippen LogP contribution in [-0.4, -0.2) is 14.3 Å². The molecule has 0 fully saturated rings. The molecule has 96 valence electrons. The second-order valence-corrected chi connectivity index (χ2v) is 5.41. The van der Waals surface area contributed by atoms with Crippen LogP contribution in [0.3, 0.4) is 0 Å². The molecular formula is C11H11ClN2O3S. The summed E-state index contributed by atoms with van der Waals surface area (Å²) < 4.78 is 22.3. The van der Waals surface area contributed by atoms with E-state index in [4.69, 9.17) is 23.2 Å². The molecular weight excluding hydrogens is 276 g/mol. The van der Waals surface area contributed by atoms with E-state index in [9.17, 15) is 13.2 Å². The van der Waals surface area contributed by atoms with Crippen molar-refractivity contribution in [2.24, 2.45) is 5.14 Å². The number of hydrogen-bond acceptors (Lipinski definition) is 3. The fraction of sp³-hybridized carbons (Fsp3) is 0.182. The van der Waals surface area contributed by atoms with Crippen molar-refractivity contribution in [1.82, 2.24) is 0 Å². The lowest BCUT2D eigenvalue weighted by atomic mass is 10.2. The normalized spacial score (nSPS) is 10.7. The fourth-order valence-corrected chi connectivity index (χ4v) is 1.88. The molecule has 18 heavy (non-hydrogen) atoms. The Bertz CT molecular complexity index is 605. The van der Waals surface area contributed by atoms with Gasteiger partial charge in [0.25, 0.3) is 0 Å². The average Bonchev–Trinajstić information content (AvgIpc) is 2.28. The number of sulfonamides is 1. The van der Waals surface area contributed by atoms with Crippen molar-refractivity contribution in [3.63, 3.8) is 0 Å². The van der Waals surface area contributed by atoms with Gasteiger partial charge in [-0.1, -0.05) is 11.6 Å². The van der Waals surface area contributed by atoms with Crippen LogP contribution >= 0.6 is 11.6 Å². The number of anilines is 1.